The Kier molecular flexibility index (Phi) is 4.16. The summed E-state index contributed by atoms with van der Waals surface area (Å²) in [5, 5.41) is 0. The molecular weight excluding hydrogens is 284 g/mol. The normalized spacial score (nSPS) is 20.1. The molecule has 88 valence electrons. The number of nitrogens with zero attached hydrogens (tertiary/aromatic N) is 1. The molecule has 0 aromatic heterocycles. The fourth-order valence-electron chi connectivity index (χ4n) is 1.96. The van der Waals surface area contributed by atoms with Crippen LogP contribution in [0.15, 0.2) is 22.7 Å². The van der Waals surface area contributed by atoms with E-state index in [1.165, 1.54) is 23.6 Å². The van der Waals surface area contributed by atoms with Gasteiger partial charge in [-0.05, 0) is 29.9 Å². The third-order valence-electron chi connectivity index (χ3n) is 3.12. The van der Waals surface area contributed by atoms with Crippen LogP contribution in [-0.4, -0.2) is 24.6 Å². The lowest BCUT2D eigenvalue weighted by Gasteiger charge is -2.26. The van der Waals surface area contributed by atoms with E-state index >= 15 is 0 Å². The van der Waals surface area contributed by atoms with Gasteiger partial charge in [-0.2, -0.15) is 11.8 Å². The first-order chi connectivity index (χ1) is 7.72. The zero-order chi connectivity index (χ0) is 11.5. The van der Waals surface area contributed by atoms with E-state index in [0.29, 0.717) is 12.6 Å². The van der Waals surface area contributed by atoms with Crippen molar-refractivity contribution in [2.75, 3.05) is 23.5 Å². The molecule has 16 heavy (non-hydrogen) atoms. The standard InChI is InChI=1S/C12H17BrN2S/c1-15(11-4-5-16-8-11)10-3-2-9(7-14)12(13)6-10/h2-3,6,11H,4-5,7-8,14H2,1H3. The van der Waals surface area contributed by atoms with Crippen molar-refractivity contribution in [3.8, 4) is 0 Å². The predicted octanol–water partition coefficient (Wildman–Crippen LogP) is 2.85. The van der Waals surface area contributed by atoms with Gasteiger partial charge in [-0.25, -0.2) is 0 Å². The number of hydrogen-bond donors (Lipinski definition) is 1. The number of anilines is 1. The molecule has 1 aliphatic heterocycles. The number of rotatable bonds is 3. The molecule has 1 fully saturated rings. The van der Waals surface area contributed by atoms with Crippen LogP contribution in [0.3, 0.4) is 0 Å². The van der Waals surface area contributed by atoms with E-state index in [9.17, 15) is 0 Å². The van der Waals surface area contributed by atoms with Gasteiger partial charge in [0.1, 0.15) is 0 Å². The molecule has 1 unspecified atom stereocenters. The van der Waals surface area contributed by atoms with Crippen molar-refractivity contribution in [3.63, 3.8) is 0 Å². The summed E-state index contributed by atoms with van der Waals surface area (Å²) in [6, 6.07) is 7.12. The minimum atomic E-state index is 0.587. The van der Waals surface area contributed by atoms with E-state index in [-0.39, 0.29) is 0 Å². The van der Waals surface area contributed by atoms with Crippen LogP contribution in [-0.2, 0) is 6.54 Å². The van der Waals surface area contributed by atoms with Crippen molar-refractivity contribution in [1.82, 2.24) is 0 Å². The smallest absolute Gasteiger partial charge is 0.0385 e. The largest absolute Gasteiger partial charge is 0.371 e. The van der Waals surface area contributed by atoms with Crippen LogP contribution in [0.5, 0.6) is 0 Å². The summed E-state index contributed by atoms with van der Waals surface area (Å²) in [6.45, 7) is 0.587. The van der Waals surface area contributed by atoms with Gasteiger partial charge in [0.05, 0.1) is 0 Å². The maximum atomic E-state index is 5.65. The molecule has 1 atom stereocenters. The Labute approximate surface area is 110 Å². The maximum absolute atomic E-state index is 5.65. The minimum absolute atomic E-state index is 0.587. The van der Waals surface area contributed by atoms with E-state index in [1.54, 1.807) is 0 Å². The van der Waals surface area contributed by atoms with E-state index in [4.69, 9.17) is 5.73 Å². The topological polar surface area (TPSA) is 29.3 Å². The molecule has 2 N–H and O–H groups in total. The fourth-order valence-corrected chi connectivity index (χ4v) is 3.76. The van der Waals surface area contributed by atoms with E-state index in [1.807, 2.05) is 11.8 Å². The quantitative estimate of drug-likeness (QED) is 0.931. The van der Waals surface area contributed by atoms with Crippen molar-refractivity contribution in [1.29, 1.82) is 0 Å². The molecule has 1 aromatic carbocycles. The summed E-state index contributed by atoms with van der Waals surface area (Å²) in [4.78, 5) is 2.38. The number of halogens is 1. The van der Waals surface area contributed by atoms with Gasteiger partial charge < -0.3 is 10.6 Å². The predicted molar refractivity (Wildman–Crippen MR) is 76.2 cm³/mol. The minimum Gasteiger partial charge on any atom is -0.371 e. The van der Waals surface area contributed by atoms with Crippen LogP contribution >= 0.6 is 27.7 Å². The number of thioether (sulfide) groups is 1. The van der Waals surface area contributed by atoms with Gasteiger partial charge in [-0.15, -0.1) is 0 Å². The lowest BCUT2D eigenvalue weighted by molar-refractivity contribution is 0.700. The first-order valence-electron chi connectivity index (χ1n) is 5.51. The Hall–Kier alpha value is -0.190. The van der Waals surface area contributed by atoms with Crippen molar-refractivity contribution in [3.05, 3.63) is 28.2 Å². The Morgan fingerprint density at radius 2 is 2.38 bits per heavy atom. The van der Waals surface area contributed by atoms with Crippen molar-refractivity contribution < 1.29 is 0 Å². The average Bonchev–Trinajstić information content (AvgIpc) is 2.81. The second kappa shape index (κ2) is 5.43. The highest BCUT2D eigenvalue weighted by Gasteiger charge is 2.20. The van der Waals surface area contributed by atoms with E-state index in [2.05, 4.69) is 46.1 Å². The highest BCUT2D eigenvalue weighted by Crippen LogP contribution is 2.28. The molecule has 0 spiro atoms. The first-order valence-corrected chi connectivity index (χ1v) is 7.46. The maximum Gasteiger partial charge on any atom is 0.0385 e. The zero-order valence-electron chi connectivity index (χ0n) is 9.45. The lowest BCUT2D eigenvalue weighted by atomic mass is 10.1. The Balaban J connectivity index is 2.16. The molecule has 1 heterocycles. The summed E-state index contributed by atoms with van der Waals surface area (Å²) in [6.07, 6.45) is 1.29. The number of hydrogen-bond acceptors (Lipinski definition) is 3. The molecule has 0 radical (unpaired) electrons. The van der Waals surface area contributed by atoms with Crippen molar-refractivity contribution >= 4 is 33.4 Å². The molecule has 0 bridgehead atoms. The Morgan fingerprint density at radius 3 is 2.94 bits per heavy atom. The van der Waals surface area contributed by atoms with Crippen LogP contribution in [0.2, 0.25) is 0 Å². The fraction of sp³-hybridized carbons (Fsp3) is 0.500. The highest BCUT2D eigenvalue weighted by atomic mass is 79.9. The van der Waals surface area contributed by atoms with Gasteiger partial charge in [0.15, 0.2) is 0 Å². The third-order valence-corrected chi connectivity index (χ3v) is 5.00. The van der Waals surface area contributed by atoms with Crippen molar-refractivity contribution in [2.24, 2.45) is 5.73 Å². The molecular formula is C12H17BrN2S. The van der Waals surface area contributed by atoms with Crippen LogP contribution in [0, 0.1) is 0 Å². The molecule has 1 aromatic rings. The van der Waals surface area contributed by atoms with Crippen LogP contribution in [0.25, 0.3) is 0 Å². The Morgan fingerprint density at radius 1 is 1.56 bits per heavy atom. The molecule has 2 rings (SSSR count). The van der Waals surface area contributed by atoms with E-state index < -0.39 is 0 Å². The van der Waals surface area contributed by atoms with Gasteiger partial charge in [-0.1, -0.05) is 22.0 Å². The zero-order valence-corrected chi connectivity index (χ0v) is 11.9. The average molecular weight is 301 g/mol. The molecule has 0 saturated carbocycles. The molecule has 2 nitrogen and oxygen atoms in total. The van der Waals surface area contributed by atoms with Gasteiger partial charge in [-0.3, -0.25) is 0 Å². The van der Waals surface area contributed by atoms with Crippen LogP contribution in [0.1, 0.15) is 12.0 Å². The van der Waals surface area contributed by atoms with Crippen LogP contribution < -0.4 is 10.6 Å². The summed E-state index contributed by atoms with van der Waals surface area (Å²) in [5.74, 6) is 2.53. The Bertz CT molecular complexity index is 364. The van der Waals surface area contributed by atoms with Crippen molar-refractivity contribution in [2.45, 2.75) is 19.0 Å². The van der Waals surface area contributed by atoms with Gasteiger partial charge in [0.25, 0.3) is 0 Å². The molecule has 4 heteroatoms. The first kappa shape index (κ1) is 12.3. The molecule has 0 aliphatic carbocycles. The van der Waals surface area contributed by atoms with Gasteiger partial charge >= 0.3 is 0 Å². The SMILES string of the molecule is CN(c1ccc(CN)c(Br)c1)C1CCSC1. The molecule has 1 aliphatic rings. The molecule has 0 amide bonds. The number of nitrogens with two attached hydrogens (primary N) is 1. The van der Waals surface area contributed by atoms with Crippen LogP contribution in [0.4, 0.5) is 5.69 Å². The summed E-state index contributed by atoms with van der Waals surface area (Å²) >= 11 is 5.62. The number of benzene rings is 1. The molecule has 1 saturated heterocycles. The monoisotopic (exact) mass is 300 g/mol. The summed E-state index contributed by atoms with van der Waals surface area (Å²) in [7, 11) is 2.18. The van der Waals surface area contributed by atoms with E-state index in [0.717, 1.165) is 10.0 Å². The summed E-state index contributed by atoms with van der Waals surface area (Å²) < 4.78 is 1.12. The second-order valence-corrected chi connectivity index (χ2v) is 6.11. The van der Waals surface area contributed by atoms with Gasteiger partial charge in [0.2, 0.25) is 0 Å². The lowest BCUT2D eigenvalue weighted by Crippen LogP contribution is -2.31. The van der Waals surface area contributed by atoms with Gasteiger partial charge in [0, 0.05) is 35.5 Å². The second-order valence-electron chi connectivity index (χ2n) is 4.11. The summed E-state index contributed by atoms with van der Waals surface area (Å²) in [5.41, 5.74) is 8.09. The third kappa shape index (κ3) is 2.55. The highest BCUT2D eigenvalue weighted by molar-refractivity contribution is 9.10.